The summed E-state index contributed by atoms with van der Waals surface area (Å²) in [5.41, 5.74) is 2.02. The van der Waals surface area contributed by atoms with E-state index in [1.807, 2.05) is 29.6 Å². The zero-order chi connectivity index (χ0) is 18.7. The average molecular weight is 435 g/mol. The molecule has 6 nitrogen and oxygen atoms in total. The zero-order valence-corrected chi connectivity index (χ0v) is 16.4. The summed E-state index contributed by atoms with van der Waals surface area (Å²) in [5.74, 6) is 0.0306. The van der Waals surface area contributed by atoms with Gasteiger partial charge in [0, 0.05) is 15.4 Å². The van der Waals surface area contributed by atoms with Crippen molar-refractivity contribution in [3.05, 3.63) is 57.3 Å². The van der Waals surface area contributed by atoms with Gasteiger partial charge in [-0.05, 0) is 32.0 Å². The fraction of sp³-hybridized carbons (Fsp3) is 0.167. The van der Waals surface area contributed by atoms with E-state index in [0.717, 1.165) is 15.7 Å². The van der Waals surface area contributed by atoms with E-state index in [1.165, 1.54) is 11.3 Å². The first kappa shape index (κ1) is 18.3. The number of anilines is 1. The van der Waals surface area contributed by atoms with Crippen molar-refractivity contribution in [3.63, 3.8) is 0 Å². The predicted octanol–water partition coefficient (Wildman–Crippen LogP) is 4.58. The summed E-state index contributed by atoms with van der Waals surface area (Å²) in [6, 6.07) is 9.30. The average Bonchev–Trinajstić information content (AvgIpc) is 3.19. The quantitative estimate of drug-likeness (QED) is 0.594. The fourth-order valence-corrected chi connectivity index (χ4v) is 3.44. The number of benzene rings is 1. The maximum Gasteiger partial charge on any atom is 0.342 e. The van der Waals surface area contributed by atoms with Gasteiger partial charge in [-0.25, -0.2) is 9.78 Å². The van der Waals surface area contributed by atoms with Crippen molar-refractivity contribution in [1.29, 1.82) is 0 Å². The van der Waals surface area contributed by atoms with Crippen molar-refractivity contribution < 1.29 is 18.7 Å². The third-order valence-corrected chi connectivity index (χ3v) is 4.72. The SMILES string of the molecule is Cc1cc(C(=O)OCC(=O)Nc2nc(-c3cccc(Br)c3)cs2)c(C)o1. The number of nitrogens with zero attached hydrogens (tertiary/aromatic N) is 1. The Hall–Kier alpha value is -2.45. The number of aryl methyl sites for hydroxylation is 2. The number of hydrogen-bond donors (Lipinski definition) is 1. The minimum Gasteiger partial charge on any atom is -0.466 e. The molecule has 0 aliphatic heterocycles. The number of carbonyl (C=O) groups excluding carboxylic acids is 2. The second-order valence-corrected chi connectivity index (χ2v) is 7.27. The number of carbonyl (C=O) groups is 2. The second kappa shape index (κ2) is 7.84. The third-order valence-electron chi connectivity index (χ3n) is 3.47. The maximum atomic E-state index is 12.0. The standard InChI is InChI=1S/C18H15BrN2O4S/c1-10-6-14(11(2)25-10)17(23)24-8-16(22)21-18-20-15(9-26-18)12-4-3-5-13(19)7-12/h3-7,9H,8H2,1-2H3,(H,20,21,22). The van der Waals surface area contributed by atoms with Crippen molar-refractivity contribution in [2.24, 2.45) is 0 Å². The Kier molecular flexibility index (Phi) is 5.53. The minimum absolute atomic E-state index is 0.321. The molecule has 2 aromatic heterocycles. The molecule has 3 rings (SSSR count). The summed E-state index contributed by atoms with van der Waals surface area (Å²) < 4.78 is 11.3. The van der Waals surface area contributed by atoms with E-state index in [9.17, 15) is 9.59 Å². The highest BCUT2D eigenvalue weighted by Gasteiger charge is 2.17. The Labute approximate surface area is 162 Å². The van der Waals surface area contributed by atoms with Crippen LogP contribution in [0.1, 0.15) is 21.9 Å². The lowest BCUT2D eigenvalue weighted by molar-refractivity contribution is -0.119. The third kappa shape index (κ3) is 4.39. The van der Waals surface area contributed by atoms with Crippen LogP contribution in [0.5, 0.6) is 0 Å². The summed E-state index contributed by atoms with van der Waals surface area (Å²) in [6.07, 6.45) is 0. The number of furan rings is 1. The first-order valence-corrected chi connectivity index (χ1v) is 9.35. The van der Waals surface area contributed by atoms with Gasteiger partial charge in [-0.2, -0.15) is 0 Å². The number of amides is 1. The van der Waals surface area contributed by atoms with Crippen LogP contribution in [0.25, 0.3) is 11.3 Å². The van der Waals surface area contributed by atoms with Crippen LogP contribution in [-0.4, -0.2) is 23.5 Å². The highest BCUT2D eigenvalue weighted by molar-refractivity contribution is 9.10. The van der Waals surface area contributed by atoms with Gasteiger partial charge in [0.1, 0.15) is 17.1 Å². The molecular formula is C18H15BrN2O4S. The van der Waals surface area contributed by atoms with E-state index in [0.29, 0.717) is 22.2 Å². The van der Waals surface area contributed by atoms with Crippen molar-refractivity contribution in [3.8, 4) is 11.3 Å². The van der Waals surface area contributed by atoms with Crippen LogP contribution in [-0.2, 0) is 9.53 Å². The molecule has 0 aliphatic carbocycles. The largest absolute Gasteiger partial charge is 0.466 e. The molecule has 26 heavy (non-hydrogen) atoms. The van der Waals surface area contributed by atoms with E-state index in [2.05, 4.69) is 26.2 Å². The fourth-order valence-electron chi connectivity index (χ4n) is 2.31. The van der Waals surface area contributed by atoms with Crippen LogP contribution in [0.15, 0.2) is 44.6 Å². The molecule has 0 atom stereocenters. The topological polar surface area (TPSA) is 81.4 Å². The molecule has 2 heterocycles. The Morgan fingerprint density at radius 2 is 2.12 bits per heavy atom. The Morgan fingerprint density at radius 3 is 2.81 bits per heavy atom. The van der Waals surface area contributed by atoms with E-state index in [4.69, 9.17) is 9.15 Å². The van der Waals surface area contributed by atoms with Gasteiger partial charge in [0.05, 0.1) is 5.69 Å². The van der Waals surface area contributed by atoms with Crippen molar-refractivity contribution in [2.75, 3.05) is 11.9 Å². The van der Waals surface area contributed by atoms with Crippen molar-refractivity contribution in [1.82, 2.24) is 4.98 Å². The summed E-state index contributed by atoms with van der Waals surface area (Å²) in [5, 5.41) is 4.92. The van der Waals surface area contributed by atoms with Gasteiger partial charge < -0.3 is 9.15 Å². The summed E-state index contributed by atoms with van der Waals surface area (Å²) in [4.78, 5) is 28.3. The molecular weight excluding hydrogens is 420 g/mol. The molecule has 0 saturated heterocycles. The number of nitrogens with one attached hydrogen (secondary N) is 1. The van der Waals surface area contributed by atoms with Crippen LogP contribution < -0.4 is 5.32 Å². The van der Waals surface area contributed by atoms with Crippen LogP contribution in [0.4, 0.5) is 5.13 Å². The number of hydrogen-bond acceptors (Lipinski definition) is 6. The summed E-state index contributed by atoms with van der Waals surface area (Å²) in [7, 11) is 0. The molecule has 3 aromatic rings. The minimum atomic E-state index is -0.594. The molecule has 0 spiro atoms. The second-order valence-electron chi connectivity index (χ2n) is 5.50. The first-order chi connectivity index (χ1) is 12.4. The van der Waals surface area contributed by atoms with Gasteiger partial charge in [-0.1, -0.05) is 28.1 Å². The predicted molar refractivity (Wildman–Crippen MR) is 102 cm³/mol. The van der Waals surface area contributed by atoms with Gasteiger partial charge in [0.2, 0.25) is 0 Å². The molecule has 0 radical (unpaired) electrons. The van der Waals surface area contributed by atoms with E-state index in [-0.39, 0.29) is 0 Å². The first-order valence-electron chi connectivity index (χ1n) is 7.68. The number of halogens is 1. The van der Waals surface area contributed by atoms with Crippen molar-refractivity contribution in [2.45, 2.75) is 13.8 Å². The molecule has 8 heteroatoms. The summed E-state index contributed by atoms with van der Waals surface area (Å²) >= 11 is 4.72. The Balaban J connectivity index is 1.57. The molecule has 0 saturated carbocycles. The van der Waals surface area contributed by atoms with Gasteiger partial charge in [-0.3, -0.25) is 10.1 Å². The molecule has 0 fully saturated rings. The van der Waals surface area contributed by atoms with Crippen molar-refractivity contribution >= 4 is 44.3 Å². The number of rotatable bonds is 5. The van der Waals surface area contributed by atoms with Gasteiger partial charge >= 0.3 is 5.97 Å². The van der Waals surface area contributed by atoms with Crippen LogP contribution in [0, 0.1) is 13.8 Å². The number of thiazole rings is 1. The highest BCUT2D eigenvalue weighted by Crippen LogP contribution is 2.26. The van der Waals surface area contributed by atoms with Gasteiger partial charge in [0.15, 0.2) is 11.7 Å². The van der Waals surface area contributed by atoms with E-state index >= 15 is 0 Å². The molecule has 1 N–H and O–H groups in total. The van der Waals surface area contributed by atoms with Crippen LogP contribution in [0.3, 0.4) is 0 Å². The monoisotopic (exact) mass is 434 g/mol. The van der Waals surface area contributed by atoms with Gasteiger partial charge in [0.25, 0.3) is 5.91 Å². The van der Waals surface area contributed by atoms with E-state index < -0.39 is 18.5 Å². The molecule has 0 unspecified atom stereocenters. The normalized spacial score (nSPS) is 10.6. The molecule has 0 aliphatic rings. The number of ether oxygens (including phenoxy) is 1. The van der Waals surface area contributed by atoms with E-state index in [1.54, 1.807) is 19.9 Å². The Morgan fingerprint density at radius 1 is 1.31 bits per heavy atom. The van der Waals surface area contributed by atoms with Crippen LogP contribution >= 0.6 is 27.3 Å². The molecule has 1 aromatic carbocycles. The lowest BCUT2D eigenvalue weighted by Crippen LogP contribution is -2.20. The molecule has 134 valence electrons. The molecule has 1 amide bonds. The summed E-state index contributed by atoms with van der Waals surface area (Å²) in [6.45, 7) is 3.01. The number of esters is 1. The lowest BCUT2D eigenvalue weighted by atomic mass is 10.2. The van der Waals surface area contributed by atoms with Gasteiger partial charge in [-0.15, -0.1) is 11.3 Å². The highest BCUT2D eigenvalue weighted by atomic mass is 79.9. The zero-order valence-electron chi connectivity index (χ0n) is 14.0. The van der Waals surface area contributed by atoms with Crippen LogP contribution in [0.2, 0.25) is 0 Å². The number of aromatic nitrogens is 1. The Bertz CT molecular complexity index is 964. The lowest BCUT2D eigenvalue weighted by Gasteiger charge is -2.04. The maximum absolute atomic E-state index is 12.0. The smallest absolute Gasteiger partial charge is 0.342 e. The molecule has 0 bridgehead atoms.